The van der Waals surface area contributed by atoms with Gasteiger partial charge in [0.25, 0.3) is 5.91 Å². The van der Waals surface area contributed by atoms with Crippen molar-refractivity contribution in [2.75, 3.05) is 13.1 Å². The summed E-state index contributed by atoms with van der Waals surface area (Å²) in [6.45, 7) is 4.89. The van der Waals surface area contributed by atoms with E-state index < -0.39 is 12.1 Å². The summed E-state index contributed by atoms with van der Waals surface area (Å²) in [5, 5.41) is 13.0. The zero-order valence-corrected chi connectivity index (χ0v) is 14.2. The number of benzene rings is 1. The van der Waals surface area contributed by atoms with E-state index in [-0.39, 0.29) is 17.7 Å². The van der Waals surface area contributed by atoms with Gasteiger partial charge < -0.3 is 15.3 Å². The molecule has 1 aliphatic heterocycles. The Morgan fingerprint density at radius 3 is 2.52 bits per heavy atom. The Labute approximate surface area is 141 Å². The predicted octanol–water partition coefficient (Wildman–Crippen LogP) is 2.08. The van der Waals surface area contributed by atoms with Crippen LogP contribution in [0.15, 0.2) is 24.3 Å². The Morgan fingerprint density at radius 1 is 1.35 bits per heavy atom. The minimum atomic E-state index is -0.580. The van der Waals surface area contributed by atoms with Crippen LogP contribution in [-0.2, 0) is 4.79 Å². The number of halogens is 1. The van der Waals surface area contributed by atoms with Crippen LogP contribution in [0.25, 0.3) is 0 Å². The number of nitrogens with zero attached hydrogens (tertiary/aromatic N) is 1. The number of carbonyl (C=O) groups is 2. The lowest BCUT2D eigenvalue weighted by atomic mass is 10.0. The number of rotatable bonds is 5. The fourth-order valence-corrected chi connectivity index (χ4v) is 2.82. The molecule has 23 heavy (non-hydrogen) atoms. The fraction of sp³-hybridized carbons (Fsp3) is 0.529. The van der Waals surface area contributed by atoms with Crippen molar-refractivity contribution in [2.24, 2.45) is 5.92 Å². The van der Waals surface area contributed by atoms with Crippen LogP contribution >= 0.6 is 11.6 Å². The standard InChI is InChI=1S/C17H23ClN2O3/c1-11(2)9-15(17(23)20-8-7-14(21)10-20)19-16(22)12-3-5-13(18)6-4-12/h3-6,11,14-15,21H,7-10H2,1-2H3,(H,19,22)/t14-,15?/m1/s1. The van der Waals surface area contributed by atoms with Gasteiger partial charge in [-0.25, -0.2) is 0 Å². The Balaban J connectivity index is 2.07. The Morgan fingerprint density at radius 2 is 2.00 bits per heavy atom. The van der Waals surface area contributed by atoms with Crippen LogP contribution in [0.5, 0.6) is 0 Å². The lowest BCUT2D eigenvalue weighted by Gasteiger charge is -2.25. The van der Waals surface area contributed by atoms with Crippen LogP contribution in [0.3, 0.4) is 0 Å². The van der Waals surface area contributed by atoms with E-state index in [1.807, 2.05) is 13.8 Å². The van der Waals surface area contributed by atoms with Crippen LogP contribution in [0.1, 0.15) is 37.0 Å². The molecule has 6 heteroatoms. The number of aliphatic hydroxyl groups is 1. The van der Waals surface area contributed by atoms with Gasteiger partial charge in [0.2, 0.25) is 5.91 Å². The number of β-amino-alcohol motifs (C(OH)–C–C–N with tert-alkyl or cyclic N) is 1. The van der Waals surface area contributed by atoms with Crippen LogP contribution < -0.4 is 5.32 Å². The van der Waals surface area contributed by atoms with E-state index in [0.29, 0.717) is 36.5 Å². The highest BCUT2D eigenvalue weighted by molar-refractivity contribution is 6.30. The summed E-state index contributed by atoms with van der Waals surface area (Å²) in [4.78, 5) is 26.6. The number of hydrogen-bond acceptors (Lipinski definition) is 3. The van der Waals surface area contributed by atoms with Gasteiger partial charge in [-0.1, -0.05) is 25.4 Å². The van der Waals surface area contributed by atoms with Gasteiger partial charge >= 0.3 is 0 Å². The maximum absolute atomic E-state index is 12.6. The molecule has 1 fully saturated rings. The molecule has 0 saturated carbocycles. The molecule has 0 radical (unpaired) electrons. The lowest BCUT2D eigenvalue weighted by Crippen LogP contribution is -2.48. The molecule has 0 bridgehead atoms. The van der Waals surface area contributed by atoms with Gasteiger partial charge in [-0.2, -0.15) is 0 Å². The molecule has 5 nitrogen and oxygen atoms in total. The Hall–Kier alpha value is -1.59. The molecule has 1 aliphatic rings. The number of aliphatic hydroxyl groups excluding tert-OH is 1. The zero-order chi connectivity index (χ0) is 17.0. The summed E-state index contributed by atoms with van der Waals surface area (Å²) in [7, 11) is 0. The fourth-order valence-electron chi connectivity index (χ4n) is 2.70. The molecule has 0 spiro atoms. The van der Waals surface area contributed by atoms with Gasteiger partial charge in [0.05, 0.1) is 6.10 Å². The normalized spacial score (nSPS) is 19.0. The van der Waals surface area contributed by atoms with Crippen molar-refractivity contribution in [2.45, 2.75) is 38.8 Å². The Kier molecular flexibility index (Phi) is 6.02. The van der Waals surface area contributed by atoms with Gasteiger partial charge in [0, 0.05) is 23.7 Å². The summed E-state index contributed by atoms with van der Waals surface area (Å²) in [6, 6.07) is 5.98. The molecule has 0 aromatic heterocycles. The highest BCUT2D eigenvalue weighted by atomic mass is 35.5. The van der Waals surface area contributed by atoms with E-state index in [2.05, 4.69) is 5.32 Å². The van der Waals surface area contributed by atoms with Crippen molar-refractivity contribution in [3.05, 3.63) is 34.9 Å². The second-order valence-corrected chi connectivity index (χ2v) is 6.83. The first-order valence-corrected chi connectivity index (χ1v) is 8.28. The third-order valence-corrected chi connectivity index (χ3v) is 4.14. The highest BCUT2D eigenvalue weighted by Crippen LogP contribution is 2.15. The zero-order valence-electron chi connectivity index (χ0n) is 13.5. The van der Waals surface area contributed by atoms with Gasteiger partial charge in [0.1, 0.15) is 6.04 Å². The minimum Gasteiger partial charge on any atom is -0.391 e. The van der Waals surface area contributed by atoms with Gasteiger partial charge in [-0.05, 0) is 43.0 Å². The van der Waals surface area contributed by atoms with Crippen LogP contribution in [0.2, 0.25) is 5.02 Å². The number of carbonyl (C=O) groups excluding carboxylic acids is 2. The molecule has 2 atom stereocenters. The molecule has 1 aromatic rings. The Bertz CT molecular complexity index is 559. The van der Waals surface area contributed by atoms with Crippen LogP contribution in [0.4, 0.5) is 0 Å². The molecule has 1 saturated heterocycles. The molecule has 2 N–H and O–H groups in total. The van der Waals surface area contributed by atoms with Crippen molar-refractivity contribution >= 4 is 23.4 Å². The van der Waals surface area contributed by atoms with E-state index in [1.54, 1.807) is 29.2 Å². The van der Waals surface area contributed by atoms with Crippen molar-refractivity contribution < 1.29 is 14.7 Å². The first-order chi connectivity index (χ1) is 10.9. The SMILES string of the molecule is CC(C)CC(NC(=O)c1ccc(Cl)cc1)C(=O)N1CC[C@@H](O)C1. The number of hydrogen-bond donors (Lipinski definition) is 2. The van der Waals surface area contributed by atoms with Gasteiger partial charge in [-0.3, -0.25) is 9.59 Å². The summed E-state index contributed by atoms with van der Waals surface area (Å²) in [5.41, 5.74) is 0.470. The molecule has 1 unspecified atom stereocenters. The molecular formula is C17H23ClN2O3. The van der Waals surface area contributed by atoms with Crippen LogP contribution in [-0.4, -0.2) is 47.1 Å². The average Bonchev–Trinajstić information content (AvgIpc) is 2.92. The second-order valence-electron chi connectivity index (χ2n) is 6.39. The van der Waals surface area contributed by atoms with E-state index in [4.69, 9.17) is 11.6 Å². The lowest BCUT2D eigenvalue weighted by molar-refractivity contribution is -0.133. The molecule has 1 aromatic carbocycles. The maximum atomic E-state index is 12.6. The maximum Gasteiger partial charge on any atom is 0.251 e. The summed E-state index contributed by atoms with van der Waals surface area (Å²) < 4.78 is 0. The van der Waals surface area contributed by atoms with Crippen molar-refractivity contribution in [1.29, 1.82) is 0 Å². The molecule has 2 rings (SSSR count). The smallest absolute Gasteiger partial charge is 0.251 e. The summed E-state index contributed by atoms with van der Waals surface area (Å²) in [5.74, 6) is -0.153. The largest absolute Gasteiger partial charge is 0.391 e. The van der Waals surface area contributed by atoms with Crippen molar-refractivity contribution in [3.63, 3.8) is 0 Å². The highest BCUT2D eigenvalue weighted by Gasteiger charge is 2.31. The van der Waals surface area contributed by atoms with E-state index in [1.165, 1.54) is 0 Å². The summed E-state index contributed by atoms with van der Waals surface area (Å²) in [6.07, 6.45) is 0.682. The molecule has 126 valence electrons. The third kappa shape index (κ3) is 4.94. The number of nitrogens with one attached hydrogen (secondary N) is 1. The number of likely N-dealkylation sites (tertiary alicyclic amines) is 1. The van der Waals surface area contributed by atoms with E-state index >= 15 is 0 Å². The monoisotopic (exact) mass is 338 g/mol. The van der Waals surface area contributed by atoms with E-state index in [9.17, 15) is 14.7 Å². The molecule has 2 amide bonds. The molecular weight excluding hydrogens is 316 g/mol. The minimum absolute atomic E-state index is 0.127. The van der Waals surface area contributed by atoms with Crippen molar-refractivity contribution in [1.82, 2.24) is 10.2 Å². The number of amides is 2. The molecule has 0 aliphatic carbocycles. The second kappa shape index (κ2) is 7.79. The predicted molar refractivity (Wildman–Crippen MR) is 89.4 cm³/mol. The van der Waals surface area contributed by atoms with Gasteiger partial charge in [0.15, 0.2) is 0 Å². The van der Waals surface area contributed by atoms with Gasteiger partial charge in [-0.15, -0.1) is 0 Å². The quantitative estimate of drug-likeness (QED) is 0.863. The van der Waals surface area contributed by atoms with Crippen molar-refractivity contribution in [3.8, 4) is 0 Å². The summed E-state index contributed by atoms with van der Waals surface area (Å²) >= 11 is 5.82. The average molecular weight is 339 g/mol. The topological polar surface area (TPSA) is 69.6 Å². The molecule has 1 heterocycles. The first-order valence-electron chi connectivity index (χ1n) is 7.90. The third-order valence-electron chi connectivity index (χ3n) is 3.89. The van der Waals surface area contributed by atoms with Crippen LogP contribution in [0, 0.1) is 5.92 Å². The van der Waals surface area contributed by atoms with E-state index in [0.717, 1.165) is 0 Å². The first kappa shape index (κ1) is 17.8.